The average molecular weight is 301 g/mol. The van der Waals surface area contributed by atoms with E-state index in [9.17, 15) is 0 Å². The van der Waals surface area contributed by atoms with Gasteiger partial charge in [0.25, 0.3) is 0 Å². The van der Waals surface area contributed by atoms with Gasteiger partial charge in [-0.1, -0.05) is 35.2 Å². The number of thioether (sulfide) groups is 1. The van der Waals surface area contributed by atoms with Crippen molar-refractivity contribution in [1.82, 2.24) is 9.97 Å². The summed E-state index contributed by atoms with van der Waals surface area (Å²) in [6, 6.07) is 9.22. The fourth-order valence-corrected chi connectivity index (χ4v) is 2.00. The lowest BCUT2D eigenvalue weighted by molar-refractivity contribution is 0.971. The van der Waals surface area contributed by atoms with Crippen LogP contribution in [-0.2, 0) is 0 Å². The van der Waals surface area contributed by atoms with Crippen LogP contribution in [0.4, 0.5) is 5.82 Å². The maximum Gasteiger partial charge on any atom is 0.190 e. The van der Waals surface area contributed by atoms with Gasteiger partial charge in [-0.2, -0.15) is 5.26 Å². The number of nitriles is 1. The van der Waals surface area contributed by atoms with Crippen molar-refractivity contribution in [2.45, 2.75) is 5.16 Å². The number of aromatic nitrogens is 2. The Morgan fingerprint density at radius 2 is 2.05 bits per heavy atom. The molecule has 1 aromatic heterocycles. The first-order valence-corrected chi connectivity index (χ1v) is 6.95. The van der Waals surface area contributed by atoms with Gasteiger partial charge in [-0.15, -0.1) is 0 Å². The van der Waals surface area contributed by atoms with Crippen LogP contribution in [0.25, 0.3) is 0 Å². The summed E-state index contributed by atoms with van der Waals surface area (Å²) in [5.74, 6) is 6.74. The number of halogens is 1. The molecule has 0 aliphatic heterocycles. The molecule has 0 saturated heterocycles. The van der Waals surface area contributed by atoms with Gasteiger partial charge in [0.05, 0.1) is 11.9 Å². The Bertz CT molecular complexity index is 711. The highest BCUT2D eigenvalue weighted by Crippen LogP contribution is 2.15. The fourth-order valence-electron chi connectivity index (χ4n) is 1.31. The number of rotatable bonds is 2. The van der Waals surface area contributed by atoms with Crippen LogP contribution in [0.2, 0.25) is 5.02 Å². The summed E-state index contributed by atoms with van der Waals surface area (Å²) in [5.41, 5.74) is 6.78. The molecular formula is C14H9ClN4S. The van der Waals surface area contributed by atoms with Crippen LogP contribution >= 0.6 is 23.4 Å². The van der Waals surface area contributed by atoms with Gasteiger partial charge in [-0.05, 0) is 24.3 Å². The Kier molecular flexibility index (Phi) is 4.84. The van der Waals surface area contributed by atoms with E-state index in [4.69, 9.17) is 22.6 Å². The Balaban J connectivity index is 1.95. The third kappa shape index (κ3) is 3.89. The van der Waals surface area contributed by atoms with E-state index < -0.39 is 0 Å². The van der Waals surface area contributed by atoms with Gasteiger partial charge >= 0.3 is 0 Å². The lowest BCUT2D eigenvalue weighted by Crippen LogP contribution is -1.98. The molecule has 20 heavy (non-hydrogen) atoms. The van der Waals surface area contributed by atoms with Gasteiger partial charge in [-0.3, -0.25) is 0 Å². The van der Waals surface area contributed by atoms with Crippen molar-refractivity contribution in [2.75, 3.05) is 11.5 Å². The van der Waals surface area contributed by atoms with E-state index in [2.05, 4.69) is 21.8 Å². The predicted octanol–water partition coefficient (Wildman–Crippen LogP) is 2.73. The number of nitrogen functional groups attached to an aromatic ring is 1. The molecular weight excluding hydrogens is 292 g/mol. The summed E-state index contributed by atoms with van der Waals surface area (Å²) in [7, 11) is 0. The minimum absolute atomic E-state index is 0.190. The first-order valence-electron chi connectivity index (χ1n) is 5.59. The van der Waals surface area contributed by atoms with Crippen molar-refractivity contribution in [2.24, 2.45) is 0 Å². The van der Waals surface area contributed by atoms with Gasteiger partial charge in [0.2, 0.25) is 0 Å². The summed E-state index contributed by atoms with van der Waals surface area (Å²) in [4.78, 5) is 8.05. The highest BCUT2D eigenvalue weighted by molar-refractivity contribution is 7.99. The molecule has 0 atom stereocenters. The SMILES string of the molecule is N#Cc1cnc(SCC#Cc2ccc(Cl)cc2)nc1N. The second-order valence-electron chi connectivity index (χ2n) is 3.66. The molecule has 1 aromatic carbocycles. The van der Waals surface area contributed by atoms with Crippen LogP contribution < -0.4 is 5.73 Å². The van der Waals surface area contributed by atoms with Crippen molar-refractivity contribution < 1.29 is 0 Å². The number of hydrogen-bond donors (Lipinski definition) is 1. The Labute approximate surface area is 126 Å². The van der Waals surface area contributed by atoms with Crippen molar-refractivity contribution in [3.8, 4) is 17.9 Å². The summed E-state index contributed by atoms with van der Waals surface area (Å²) in [5, 5.41) is 9.91. The highest BCUT2D eigenvalue weighted by atomic mass is 35.5. The van der Waals surface area contributed by atoms with E-state index >= 15 is 0 Å². The highest BCUT2D eigenvalue weighted by Gasteiger charge is 2.02. The van der Waals surface area contributed by atoms with Crippen molar-refractivity contribution >= 4 is 29.2 Å². The summed E-state index contributed by atoms with van der Waals surface area (Å²) < 4.78 is 0. The molecule has 6 heteroatoms. The van der Waals surface area contributed by atoms with Gasteiger partial charge in [0, 0.05) is 10.6 Å². The number of nitrogens with two attached hydrogens (primary N) is 1. The monoisotopic (exact) mass is 300 g/mol. The van der Waals surface area contributed by atoms with E-state index in [1.165, 1.54) is 18.0 Å². The quantitative estimate of drug-likeness (QED) is 0.524. The molecule has 2 N–H and O–H groups in total. The van der Waals surface area contributed by atoms with Crippen LogP contribution in [0.1, 0.15) is 11.1 Å². The normalized spacial score (nSPS) is 9.40. The Morgan fingerprint density at radius 3 is 2.70 bits per heavy atom. The molecule has 0 fully saturated rings. The van der Waals surface area contributed by atoms with Crippen molar-refractivity contribution in [1.29, 1.82) is 5.26 Å². The molecule has 0 radical (unpaired) electrons. The minimum atomic E-state index is 0.190. The zero-order valence-corrected chi connectivity index (χ0v) is 11.9. The lowest BCUT2D eigenvalue weighted by atomic mass is 10.2. The summed E-state index contributed by atoms with van der Waals surface area (Å²) in [6.45, 7) is 0. The number of anilines is 1. The molecule has 98 valence electrons. The second kappa shape index (κ2) is 6.81. The predicted molar refractivity (Wildman–Crippen MR) is 80.2 cm³/mol. The topological polar surface area (TPSA) is 75.6 Å². The molecule has 0 aliphatic carbocycles. The maximum absolute atomic E-state index is 8.72. The molecule has 0 unspecified atom stereocenters. The van der Waals surface area contributed by atoms with Gasteiger partial charge in [-0.25, -0.2) is 9.97 Å². The molecule has 0 bridgehead atoms. The van der Waals surface area contributed by atoms with Crippen LogP contribution in [0, 0.1) is 23.2 Å². The molecule has 0 amide bonds. The van der Waals surface area contributed by atoms with Crippen molar-refractivity contribution in [3.63, 3.8) is 0 Å². The zero-order chi connectivity index (χ0) is 14.4. The zero-order valence-electron chi connectivity index (χ0n) is 10.3. The smallest absolute Gasteiger partial charge is 0.190 e. The summed E-state index contributed by atoms with van der Waals surface area (Å²) in [6.07, 6.45) is 1.41. The van der Waals surface area contributed by atoms with Crippen LogP contribution in [0.3, 0.4) is 0 Å². The third-order valence-electron chi connectivity index (χ3n) is 2.27. The first-order chi connectivity index (χ1) is 9.69. The summed E-state index contributed by atoms with van der Waals surface area (Å²) >= 11 is 7.15. The van der Waals surface area contributed by atoms with E-state index in [1.54, 1.807) is 12.1 Å². The standard InChI is InChI=1S/C14H9ClN4S/c15-12-5-3-10(4-6-12)2-1-7-20-14-18-9-11(8-16)13(17)19-14/h3-6,9H,7H2,(H2,17,18,19). The molecule has 1 heterocycles. The maximum atomic E-state index is 8.72. The Hall–Kier alpha value is -2.21. The molecule has 2 rings (SSSR count). The third-order valence-corrected chi connectivity index (χ3v) is 3.26. The largest absolute Gasteiger partial charge is 0.382 e. The van der Waals surface area contributed by atoms with Crippen LogP contribution in [-0.4, -0.2) is 15.7 Å². The van der Waals surface area contributed by atoms with E-state index in [0.717, 1.165) is 5.56 Å². The van der Waals surface area contributed by atoms with Gasteiger partial charge in [0.15, 0.2) is 5.16 Å². The molecule has 0 spiro atoms. The molecule has 0 aliphatic rings. The number of nitrogens with zero attached hydrogens (tertiary/aromatic N) is 3. The fraction of sp³-hybridized carbons (Fsp3) is 0.0714. The molecule has 0 saturated carbocycles. The van der Waals surface area contributed by atoms with E-state index in [1.807, 2.05) is 18.2 Å². The van der Waals surface area contributed by atoms with E-state index in [0.29, 0.717) is 15.9 Å². The van der Waals surface area contributed by atoms with Gasteiger partial charge in [0.1, 0.15) is 17.5 Å². The van der Waals surface area contributed by atoms with Crippen LogP contribution in [0.5, 0.6) is 0 Å². The number of benzene rings is 1. The van der Waals surface area contributed by atoms with Gasteiger partial charge < -0.3 is 5.73 Å². The molecule has 2 aromatic rings. The second-order valence-corrected chi connectivity index (χ2v) is 5.04. The van der Waals surface area contributed by atoms with E-state index in [-0.39, 0.29) is 11.4 Å². The lowest BCUT2D eigenvalue weighted by Gasteiger charge is -1.98. The number of hydrogen-bond acceptors (Lipinski definition) is 5. The average Bonchev–Trinajstić information content (AvgIpc) is 2.46. The van der Waals surface area contributed by atoms with Crippen molar-refractivity contribution in [3.05, 3.63) is 46.6 Å². The molecule has 4 nitrogen and oxygen atoms in total. The minimum Gasteiger partial charge on any atom is -0.382 e. The first kappa shape index (κ1) is 14.2. The van der Waals surface area contributed by atoms with Crippen LogP contribution in [0.15, 0.2) is 35.6 Å². The Morgan fingerprint density at radius 1 is 1.30 bits per heavy atom.